The van der Waals surface area contributed by atoms with Crippen molar-refractivity contribution in [2.24, 2.45) is 4.99 Å². The number of nitro benzene ring substituents is 1. The lowest BCUT2D eigenvalue weighted by Gasteiger charge is -2.11. The minimum atomic E-state index is -0.519. The predicted octanol–water partition coefficient (Wildman–Crippen LogP) is 6.65. The Morgan fingerprint density at radius 1 is 1.06 bits per heavy atom. The summed E-state index contributed by atoms with van der Waals surface area (Å²) in [7, 11) is 0. The van der Waals surface area contributed by atoms with Gasteiger partial charge in [0.25, 0.3) is 5.69 Å². The van der Waals surface area contributed by atoms with Gasteiger partial charge in [0.05, 0.1) is 13.9 Å². The number of nitrogens with zero attached hydrogens (tertiary/aromatic N) is 2. The molecule has 33 heavy (non-hydrogen) atoms. The van der Waals surface area contributed by atoms with E-state index in [0.29, 0.717) is 14.7 Å². The molecule has 0 aliphatic carbocycles. The first-order valence-corrected chi connectivity index (χ1v) is 12.1. The molecule has 0 N–H and O–H groups in total. The van der Waals surface area contributed by atoms with Crippen molar-refractivity contribution in [3.05, 3.63) is 106 Å². The number of benzene rings is 3. The number of cyclic esters (lactones) is 1. The summed E-state index contributed by atoms with van der Waals surface area (Å²) in [6, 6.07) is 17.3. The Kier molecular flexibility index (Phi) is 7.25. The molecule has 10 heteroatoms. The van der Waals surface area contributed by atoms with Gasteiger partial charge in [0.1, 0.15) is 12.4 Å². The van der Waals surface area contributed by atoms with Gasteiger partial charge in [0.15, 0.2) is 5.70 Å². The number of carbonyl (C=O) groups is 1. The van der Waals surface area contributed by atoms with Crippen LogP contribution < -0.4 is 4.74 Å². The van der Waals surface area contributed by atoms with Crippen LogP contribution in [0, 0.1) is 13.7 Å². The molecule has 0 fully saturated rings. The third kappa shape index (κ3) is 5.68. The minimum Gasteiger partial charge on any atom is -0.487 e. The maximum atomic E-state index is 12.3. The van der Waals surface area contributed by atoms with Crippen LogP contribution in [0.5, 0.6) is 5.75 Å². The zero-order chi connectivity index (χ0) is 23.5. The van der Waals surface area contributed by atoms with Crippen molar-refractivity contribution in [1.29, 1.82) is 0 Å². The third-order valence-electron chi connectivity index (χ3n) is 4.57. The first-order valence-electron chi connectivity index (χ1n) is 9.44. The lowest BCUT2D eigenvalue weighted by molar-refractivity contribution is -0.384. The first kappa shape index (κ1) is 23.6. The number of non-ortho nitro benzene ring substituents is 1. The molecule has 0 saturated carbocycles. The number of nitro groups is 1. The van der Waals surface area contributed by atoms with Gasteiger partial charge in [0.2, 0.25) is 5.90 Å². The summed E-state index contributed by atoms with van der Waals surface area (Å²) in [5.41, 5.74) is 2.45. The molecule has 1 aliphatic rings. The maximum Gasteiger partial charge on any atom is 0.363 e. The van der Waals surface area contributed by atoms with Crippen LogP contribution in [-0.2, 0) is 16.1 Å². The summed E-state index contributed by atoms with van der Waals surface area (Å²) in [6.07, 6.45) is 1.64. The van der Waals surface area contributed by atoms with Crippen LogP contribution in [0.2, 0.25) is 0 Å². The van der Waals surface area contributed by atoms with E-state index in [4.69, 9.17) is 9.47 Å². The van der Waals surface area contributed by atoms with Crippen LogP contribution in [0.4, 0.5) is 5.69 Å². The van der Waals surface area contributed by atoms with Gasteiger partial charge in [-0.2, -0.15) is 0 Å². The highest BCUT2D eigenvalue weighted by atomic mass is 127. The highest BCUT2D eigenvalue weighted by molar-refractivity contribution is 14.1. The van der Waals surface area contributed by atoms with E-state index in [1.165, 1.54) is 12.1 Å². The molecular formula is C23H13Br2IN2O5. The van der Waals surface area contributed by atoms with Crippen molar-refractivity contribution in [3.8, 4) is 5.75 Å². The van der Waals surface area contributed by atoms with E-state index >= 15 is 0 Å². The van der Waals surface area contributed by atoms with E-state index in [2.05, 4.69) is 59.4 Å². The summed E-state index contributed by atoms with van der Waals surface area (Å²) in [5.74, 6) is 0.311. The van der Waals surface area contributed by atoms with E-state index in [1.54, 1.807) is 30.3 Å². The minimum absolute atomic E-state index is 0.0248. The molecule has 0 atom stereocenters. The van der Waals surface area contributed by atoms with E-state index < -0.39 is 10.9 Å². The number of rotatable bonds is 6. The van der Waals surface area contributed by atoms with Crippen molar-refractivity contribution >= 4 is 78.1 Å². The second-order valence-electron chi connectivity index (χ2n) is 6.87. The number of hydrogen-bond donors (Lipinski definition) is 0. The average molecular weight is 684 g/mol. The molecule has 3 aromatic rings. The Balaban J connectivity index is 1.51. The summed E-state index contributed by atoms with van der Waals surface area (Å²) >= 11 is 9.19. The standard InChI is InChI=1S/C23H13Br2IN2O5/c24-18-9-14(11-20-23(29)33-22(27-20)15-3-5-16(26)6-4-15)10-19(25)21(18)32-12-13-1-7-17(8-2-13)28(30)31/h1-11H,12H2/b20-11-. The fourth-order valence-corrected chi connectivity index (χ4v) is 4.76. The van der Waals surface area contributed by atoms with Gasteiger partial charge < -0.3 is 9.47 Å². The summed E-state index contributed by atoms with van der Waals surface area (Å²) in [5, 5.41) is 10.8. The Hall–Kier alpha value is -2.57. The highest BCUT2D eigenvalue weighted by Crippen LogP contribution is 2.36. The molecule has 1 heterocycles. The molecule has 0 saturated heterocycles. The Labute approximate surface area is 219 Å². The van der Waals surface area contributed by atoms with Gasteiger partial charge in [-0.15, -0.1) is 0 Å². The Bertz CT molecular complexity index is 1280. The molecule has 7 nitrogen and oxygen atoms in total. The molecule has 0 unspecified atom stereocenters. The van der Waals surface area contributed by atoms with Crippen molar-refractivity contribution in [2.75, 3.05) is 0 Å². The van der Waals surface area contributed by atoms with Crippen LogP contribution in [0.25, 0.3) is 6.08 Å². The number of hydrogen-bond acceptors (Lipinski definition) is 6. The fraction of sp³-hybridized carbons (Fsp3) is 0.0435. The molecule has 166 valence electrons. The van der Waals surface area contributed by atoms with Crippen molar-refractivity contribution in [2.45, 2.75) is 6.61 Å². The van der Waals surface area contributed by atoms with Gasteiger partial charge in [-0.1, -0.05) is 0 Å². The monoisotopic (exact) mass is 682 g/mol. The van der Waals surface area contributed by atoms with Crippen molar-refractivity contribution in [3.63, 3.8) is 0 Å². The average Bonchev–Trinajstić information content (AvgIpc) is 3.14. The smallest absolute Gasteiger partial charge is 0.363 e. The molecule has 3 aromatic carbocycles. The quantitative estimate of drug-likeness (QED) is 0.0955. The first-order chi connectivity index (χ1) is 15.8. The third-order valence-corrected chi connectivity index (χ3v) is 6.46. The molecule has 0 spiro atoms. The van der Waals surface area contributed by atoms with Crippen LogP contribution in [0.1, 0.15) is 16.7 Å². The molecular weight excluding hydrogens is 671 g/mol. The lowest BCUT2D eigenvalue weighted by Crippen LogP contribution is -2.05. The largest absolute Gasteiger partial charge is 0.487 e. The van der Waals surface area contributed by atoms with Crippen molar-refractivity contribution in [1.82, 2.24) is 0 Å². The second-order valence-corrected chi connectivity index (χ2v) is 9.82. The highest BCUT2D eigenvalue weighted by Gasteiger charge is 2.24. The van der Waals surface area contributed by atoms with Gasteiger partial charge in [0, 0.05) is 21.3 Å². The van der Waals surface area contributed by atoms with Crippen molar-refractivity contribution < 1.29 is 19.2 Å². The molecule has 0 amide bonds. The van der Waals surface area contributed by atoms with Gasteiger partial charge >= 0.3 is 5.97 Å². The topological polar surface area (TPSA) is 91.0 Å². The zero-order valence-corrected chi connectivity index (χ0v) is 22.0. The summed E-state index contributed by atoms with van der Waals surface area (Å²) in [4.78, 5) is 27.0. The molecule has 0 radical (unpaired) electrons. The second kappa shape index (κ2) is 10.1. The normalized spacial score (nSPS) is 14.2. The SMILES string of the molecule is O=C1OC(c2ccc(I)cc2)=N/C1=C\c1cc(Br)c(OCc2ccc([N+](=O)[O-])cc2)c(Br)c1. The number of ether oxygens (including phenoxy) is 2. The van der Waals surface area contributed by atoms with Gasteiger partial charge in [-0.25, -0.2) is 9.79 Å². The molecule has 0 aromatic heterocycles. The lowest BCUT2D eigenvalue weighted by atomic mass is 10.2. The van der Waals surface area contributed by atoms with Gasteiger partial charge in [-0.05, 0) is 120 Å². The van der Waals surface area contributed by atoms with Gasteiger partial charge in [-0.3, -0.25) is 10.1 Å². The Morgan fingerprint density at radius 3 is 2.30 bits per heavy atom. The predicted molar refractivity (Wildman–Crippen MR) is 139 cm³/mol. The maximum absolute atomic E-state index is 12.3. The van der Waals surface area contributed by atoms with E-state index in [1.807, 2.05) is 24.3 Å². The number of esters is 1. The fourth-order valence-electron chi connectivity index (χ4n) is 2.95. The number of carbonyl (C=O) groups excluding carboxylic acids is 1. The summed E-state index contributed by atoms with van der Waals surface area (Å²) < 4.78 is 13.6. The van der Waals surface area contributed by atoms with Crippen LogP contribution in [0.3, 0.4) is 0 Å². The van der Waals surface area contributed by atoms with Crippen LogP contribution in [0.15, 0.2) is 80.3 Å². The van der Waals surface area contributed by atoms with E-state index in [0.717, 1.165) is 20.3 Å². The Morgan fingerprint density at radius 2 is 1.70 bits per heavy atom. The molecule has 0 bridgehead atoms. The molecule has 1 aliphatic heterocycles. The number of halogens is 3. The zero-order valence-electron chi connectivity index (χ0n) is 16.6. The molecule has 4 rings (SSSR count). The van der Waals surface area contributed by atoms with Crippen LogP contribution in [-0.4, -0.2) is 16.8 Å². The van der Waals surface area contributed by atoms with E-state index in [-0.39, 0.29) is 23.9 Å². The number of aliphatic imine (C=N–C) groups is 1. The van der Waals surface area contributed by atoms with E-state index in [9.17, 15) is 14.9 Å². The summed E-state index contributed by atoms with van der Waals surface area (Å²) in [6.45, 7) is 0.228. The van der Waals surface area contributed by atoms with Crippen LogP contribution >= 0.6 is 54.5 Å².